The van der Waals surface area contributed by atoms with Crippen molar-refractivity contribution < 1.29 is 9.90 Å². The maximum absolute atomic E-state index is 11.0. The van der Waals surface area contributed by atoms with Crippen LogP contribution in [0.5, 0.6) is 0 Å². The van der Waals surface area contributed by atoms with Crippen LogP contribution in [0.1, 0.15) is 15.9 Å². The Morgan fingerprint density at radius 1 is 1.20 bits per heavy atom. The van der Waals surface area contributed by atoms with Gasteiger partial charge in [-0.3, -0.25) is 0 Å². The summed E-state index contributed by atoms with van der Waals surface area (Å²) < 4.78 is 0. The molecule has 0 saturated carbocycles. The molecule has 0 saturated heterocycles. The van der Waals surface area contributed by atoms with Gasteiger partial charge < -0.3 is 5.11 Å². The van der Waals surface area contributed by atoms with Gasteiger partial charge in [-0.15, -0.1) is 0 Å². The van der Waals surface area contributed by atoms with Crippen LogP contribution in [0.3, 0.4) is 0 Å². The molecular formula is C12H16O2Si. The topological polar surface area (TPSA) is 37.3 Å². The molecule has 0 aromatic heterocycles. The van der Waals surface area contributed by atoms with Gasteiger partial charge in [-0.2, -0.15) is 0 Å². The molecule has 1 aromatic carbocycles. The van der Waals surface area contributed by atoms with Crippen molar-refractivity contribution in [2.75, 3.05) is 0 Å². The summed E-state index contributed by atoms with van der Waals surface area (Å²) in [6.07, 6.45) is 0. The fraction of sp³-hybridized carbons (Fsp3) is 0.250. The van der Waals surface area contributed by atoms with Gasteiger partial charge >= 0.3 is 5.97 Å². The van der Waals surface area contributed by atoms with E-state index in [1.165, 1.54) is 0 Å². The Morgan fingerprint density at radius 2 is 1.67 bits per heavy atom. The lowest BCUT2D eigenvalue weighted by atomic mass is 10.1. The molecule has 0 radical (unpaired) electrons. The monoisotopic (exact) mass is 220 g/mol. The zero-order valence-electron chi connectivity index (χ0n) is 9.37. The summed E-state index contributed by atoms with van der Waals surface area (Å²) in [5, 5.41) is 10.0. The number of carbonyl (C=O) groups is 1. The largest absolute Gasteiger partial charge is 0.478 e. The Hall–Kier alpha value is -1.35. The molecule has 1 N–H and O–H groups in total. The molecular weight excluding hydrogens is 204 g/mol. The first kappa shape index (κ1) is 11.7. The SMILES string of the molecule is C=C(c1ccccc1C(=O)O)[Si](C)(C)C. The minimum Gasteiger partial charge on any atom is -0.478 e. The first-order valence-corrected chi connectivity index (χ1v) is 8.36. The first-order valence-electron chi connectivity index (χ1n) is 4.86. The number of carboxylic acid groups (broad SMARTS) is 1. The van der Waals surface area contributed by atoms with Crippen LogP contribution >= 0.6 is 0 Å². The van der Waals surface area contributed by atoms with E-state index in [1.54, 1.807) is 12.1 Å². The van der Waals surface area contributed by atoms with Crippen molar-refractivity contribution in [3.05, 3.63) is 42.0 Å². The van der Waals surface area contributed by atoms with Crippen molar-refractivity contribution >= 4 is 19.2 Å². The zero-order valence-corrected chi connectivity index (χ0v) is 10.4. The summed E-state index contributed by atoms with van der Waals surface area (Å²) in [7, 11) is -1.54. The molecule has 0 aliphatic carbocycles. The second-order valence-corrected chi connectivity index (χ2v) is 9.68. The molecule has 0 amide bonds. The van der Waals surface area contributed by atoms with Crippen LogP contribution in [-0.2, 0) is 0 Å². The Morgan fingerprint density at radius 3 is 2.07 bits per heavy atom. The predicted molar refractivity (Wildman–Crippen MR) is 65.8 cm³/mol. The Bertz CT molecular complexity index is 402. The Balaban J connectivity index is 3.26. The van der Waals surface area contributed by atoms with Gasteiger partial charge in [0.2, 0.25) is 0 Å². The highest BCUT2D eigenvalue weighted by Gasteiger charge is 2.22. The van der Waals surface area contributed by atoms with Gasteiger partial charge in [0.25, 0.3) is 0 Å². The molecule has 80 valence electrons. The van der Waals surface area contributed by atoms with Gasteiger partial charge in [-0.1, -0.05) is 49.6 Å². The van der Waals surface area contributed by atoms with Crippen molar-refractivity contribution in [1.29, 1.82) is 0 Å². The van der Waals surface area contributed by atoms with Crippen LogP contribution in [0.25, 0.3) is 5.20 Å². The van der Waals surface area contributed by atoms with Crippen molar-refractivity contribution in [2.24, 2.45) is 0 Å². The molecule has 0 fully saturated rings. The highest BCUT2D eigenvalue weighted by molar-refractivity contribution is 6.93. The summed E-state index contributed by atoms with van der Waals surface area (Å²) in [4.78, 5) is 11.0. The van der Waals surface area contributed by atoms with Gasteiger partial charge in [0.1, 0.15) is 0 Å². The van der Waals surface area contributed by atoms with E-state index in [4.69, 9.17) is 5.11 Å². The lowest BCUT2D eigenvalue weighted by molar-refractivity contribution is 0.0696. The van der Waals surface area contributed by atoms with Gasteiger partial charge in [0, 0.05) is 0 Å². The molecule has 0 aliphatic heterocycles. The minimum absolute atomic E-state index is 0.352. The molecule has 3 heteroatoms. The fourth-order valence-electron chi connectivity index (χ4n) is 1.34. The van der Waals surface area contributed by atoms with E-state index in [-0.39, 0.29) is 0 Å². The van der Waals surface area contributed by atoms with E-state index in [0.29, 0.717) is 5.56 Å². The summed E-state index contributed by atoms with van der Waals surface area (Å²) in [5.41, 5.74) is 1.13. The fourth-order valence-corrected chi connectivity index (χ4v) is 2.36. The number of carboxylic acids is 1. The summed E-state index contributed by atoms with van der Waals surface area (Å²) in [5.74, 6) is -0.884. The van der Waals surface area contributed by atoms with Gasteiger partial charge in [0.15, 0.2) is 0 Å². The Labute approximate surface area is 91.3 Å². The molecule has 0 spiro atoms. The lowest BCUT2D eigenvalue weighted by Gasteiger charge is -2.21. The highest BCUT2D eigenvalue weighted by atomic mass is 28.3. The second-order valence-electron chi connectivity index (χ2n) is 4.58. The van der Waals surface area contributed by atoms with Crippen LogP contribution in [-0.4, -0.2) is 19.1 Å². The molecule has 0 heterocycles. The van der Waals surface area contributed by atoms with Crippen molar-refractivity contribution in [2.45, 2.75) is 19.6 Å². The third-order valence-electron chi connectivity index (χ3n) is 2.39. The van der Waals surface area contributed by atoms with E-state index in [1.807, 2.05) is 12.1 Å². The molecule has 1 aromatic rings. The third kappa shape index (κ3) is 2.56. The van der Waals surface area contributed by atoms with E-state index < -0.39 is 14.0 Å². The normalized spacial score (nSPS) is 11.1. The highest BCUT2D eigenvalue weighted by Crippen LogP contribution is 2.26. The van der Waals surface area contributed by atoms with Crippen LogP contribution in [0.2, 0.25) is 19.6 Å². The zero-order chi connectivity index (χ0) is 11.6. The third-order valence-corrected chi connectivity index (χ3v) is 4.47. The quantitative estimate of drug-likeness (QED) is 0.794. The first-order chi connectivity index (χ1) is 6.84. The van der Waals surface area contributed by atoms with Crippen LogP contribution in [0.15, 0.2) is 30.8 Å². The molecule has 2 nitrogen and oxygen atoms in total. The van der Waals surface area contributed by atoms with Crippen molar-refractivity contribution in [1.82, 2.24) is 0 Å². The lowest BCUT2D eigenvalue weighted by Crippen LogP contribution is -2.23. The van der Waals surface area contributed by atoms with Gasteiger partial charge in [0.05, 0.1) is 13.6 Å². The maximum atomic E-state index is 11.0. The van der Waals surface area contributed by atoms with Crippen LogP contribution < -0.4 is 0 Å². The molecule has 0 atom stereocenters. The van der Waals surface area contributed by atoms with Crippen LogP contribution in [0.4, 0.5) is 0 Å². The molecule has 15 heavy (non-hydrogen) atoms. The van der Waals surface area contributed by atoms with E-state index in [0.717, 1.165) is 10.8 Å². The number of hydrogen-bond donors (Lipinski definition) is 1. The molecule has 0 bridgehead atoms. The second kappa shape index (κ2) is 4.02. The smallest absolute Gasteiger partial charge is 0.336 e. The summed E-state index contributed by atoms with van der Waals surface area (Å²) in [6, 6.07) is 7.06. The molecule has 0 aliphatic rings. The number of hydrogen-bond acceptors (Lipinski definition) is 1. The van der Waals surface area contributed by atoms with Crippen molar-refractivity contribution in [3.8, 4) is 0 Å². The average molecular weight is 220 g/mol. The maximum Gasteiger partial charge on any atom is 0.336 e. The average Bonchev–Trinajstić information content (AvgIpc) is 2.15. The predicted octanol–water partition coefficient (Wildman–Crippen LogP) is 3.28. The van der Waals surface area contributed by atoms with Crippen molar-refractivity contribution in [3.63, 3.8) is 0 Å². The van der Waals surface area contributed by atoms with Gasteiger partial charge in [-0.25, -0.2) is 4.79 Å². The number of benzene rings is 1. The molecule has 0 unspecified atom stereocenters. The van der Waals surface area contributed by atoms with E-state index in [9.17, 15) is 4.79 Å². The summed E-state index contributed by atoms with van der Waals surface area (Å²) >= 11 is 0. The standard InChI is InChI=1S/C12H16O2Si/c1-9(15(2,3)4)10-7-5-6-8-11(10)12(13)14/h5-8H,1H2,2-4H3,(H,13,14). The van der Waals surface area contributed by atoms with E-state index in [2.05, 4.69) is 26.2 Å². The minimum atomic E-state index is -1.54. The number of rotatable bonds is 3. The van der Waals surface area contributed by atoms with Crippen LogP contribution in [0, 0.1) is 0 Å². The summed E-state index contributed by atoms with van der Waals surface area (Å²) in [6.45, 7) is 10.5. The van der Waals surface area contributed by atoms with E-state index >= 15 is 0 Å². The molecule has 1 rings (SSSR count). The number of aromatic carboxylic acids is 1. The Kier molecular flexibility index (Phi) is 3.14. The van der Waals surface area contributed by atoms with Gasteiger partial charge in [-0.05, 0) is 11.6 Å².